The van der Waals surface area contributed by atoms with Gasteiger partial charge in [0.1, 0.15) is 5.82 Å². The second-order valence-corrected chi connectivity index (χ2v) is 6.49. The van der Waals surface area contributed by atoms with Crippen LogP contribution in [0.2, 0.25) is 0 Å². The lowest BCUT2D eigenvalue weighted by Gasteiger charge is -2.12. The molecule has 0 aliphatic carbocycles. The van der Waals surface area contributed by atoms with E-state index >= 15 is 0 Å². The SMILES string of the molecule is CCCC(NC)c1ccc(-c2cc(Br)ccc2F)s1. The summed E-state index contributed by atoms with van der Waals surface area (Å²) in [6, 6.07) is 9.52. The van der Waals surface area contributed by atoms with Crippen molar-refractivity contribution in [1.29, 1.82) is 0 Å². The fourth-order valence-corrected chi connectivity index (χ4v) is 3.62. The Hall–Kier alpha value is -0.710. The fraction of sp³-hybridized carbons (Fsp3) is 0.333. The van der Waals surface area contributed by atoms with Crippen molar-refractivity contribution in [3.63, 3.8) is 0 Å². The summed E-state index contributed by atoms with van der Waals surface area (Å²) in [7, 11) is 1.97. The molecule has 0 spiro atoms. The Morgan fingerprint density at radius 3 is 2.79 bits per heavy atom. The lowest BCUT2D eigenvalue weighted by molar-refractivity contribution is 0.550. The second-order valence-electron chi connectivity index (χ2n) is 4.46. The Bertz CT molecular complexity index is 553. The monoisotopic (exact) mass is 341 g/mol. The molecule has 1 unspecified atom stereocenters. The average Bonchev–Trinajstić information content (AvgIpc) is 2.88. The molecule has 0 saturated carbocycles. The van der Waals surface area contributed by atoms with Crippen LogP contribution in [0.5, 0.6) is 0 Å². The molecule has 0 radical (unpaired) electrons. The van der Waals surface area contributed by atoms with E-state index < -0.39 is 0 Å². The predicted octanol–water partition coefficient (Wildman–Crippen LogP) is 5.38. The first-order chi connectivity index (χ1) is 9.15. The van der Waals surface area contributed by atoms with Crippen LogP contribution >= 0.6 is 27.3 Å². The van der Waals surface area contributed by atoms with Crippen molar-refractivity contribution in [3.05, 3.63) is 45.5 Å². The summed E-state index contributed by atoms with van der Waals surface area (Å²) in [5, 5.41) is 3.32. The Labute approximate surface area is 126 Å². The molecular weight excluding hydrogens is 325 g/mol. The average molecular weight is 342 g/mol. The van der Waals surface area contributed by atoms with E-state index in [1.54, 1.807) is 17.4 Å². The number of halogens is 2. The molecule has 0 aliphatic rings. The predicted molar refractivity (Wildman–Crippen MR) is 84.1 cm³/mol. The molecule has 1 aromatic carbocycles. The van der Waals surface area contributed by atoms with E-state index in [4.69, 9.17) is 0 Å². The third-order valence-electron chi connectivity index (χ3n) is 3.09. The third kappa shape index (κ3) is 3.44. The summed E-state index contributed by atoms with van der Waals surface area (Å²) in [5.74, 6) is -0.173. The first kappa shape index (κ1) is 14.7. The van der Waals surface area contributed by atoms with E-state index in [0.29, 0.717) is 11.6 Å². The van der Waals surface area contributed by atoms with Crippen molar-refractivity contribution in [1.82, 2.24) is 5.32 Å². The van der Waals surface area contributed by atoms with Gasteiger partial charge in [0.05, 0.1) is 0 Å². The summed E-state index contributed by atoms with van der Waals surface area (Å²) in [6.45, 7) is 2.17. The molecule has 0 aliphatic heterocycles. The Kier molecular flexibility index (Phi) is 5.13. The molecule has 1 heterocycles. The number of hydrogen-bond donors (Lipinski definition) is 1. The van der Waals surface area contributed by atoms with Crippen LogP contribution in [0.3, 0.4) is 0 Å². The van der Waals surface area contributed by atoms with Gasteiger partial charge in [0, 0.05) is 25.8 Å². The summed E-state index contributed by atoms with van der Waals surface area (Å²) < 4.78 is 14.8. The number of hydrogen-bond acceptors (Lipinski definition) is 2. The quantitative estimate of drug-likeness (QED) is 0.769. The van der Waals surface area contributed by atoms with Crippen LogP contribution in [0.1, 0.15) is 30.7 Å². The summed E-state index contributed by atoms with van der Waals surface area (Å²) in [5.41, 5.74) is 0.664. The highest BCUT2D eigenvalue weighted by Gasteiger charge is 2.13. The van der Waals surface area contributed by atoms with Gasteiger partial charge in [-0.05, 0) is 43.8 Å². The zero-order chi connectivity index (χ0) is 13.8. The molecule has 0 fully saturated rings. The van der Waals surface area contributed by atoms with E-state index in [2.05, 4.69) is 34.2 Å². The van der Waals surface area contributed by atoms with E-state index in [1.165, 1.54) is 10.9 Å². The van der Waals surface area contributed by atoms with Gasteiger partial charge < -0.3 is 5.32 Å². The molecule has 2 rings (SSSR count). The van der Waals surface area contributed by atoms with Gasteiger partial charge in [-0.25, -0.2) is 4.39 Å². The van der Waals surface area contributed by atoms with Crippen LogP contribution in [-0.4, -0.2) is 7.05 Å². The standard InChI is InChI=1S/C15H17BrFNS/c1-3-4-13(18-2)15-8-7-14(19-15)11-9-10(16)5-6-12(11)17/h5-9,13,18H,3-4H2,1-2H3. The van der Waals surface area contributed by atoms with Crippen LogP contribution in [0.15, 0.2) is 34.8 Å². The maximum atomic E-state index is 13.9. The molecule has 0 saturated heterocycles. The van der Waals surface area contributed by atoms with Crippen LogP contribution in [-0.2, 0) is 0 Å². The maximum Gasteiger partial charge on any atom is 0.131 e. The van der Waals surface area contributed by atoms with Crippen molar-refractivity contribution in [2.75, 3.05) is 7.05 Å². The van der Waals surface area contributed by atoms with E-state index in [1.807, 2.05) is 19.2 Å². The molecule has 1 N–H and O–H groups in total. The second kappa shape index (κ2) is 6.64. The highest BCUT2D eigenvalue weighted by atomic mass is 79.9. The van der Waals surface area contributed by atoms with Gasteiger partial charge in [-0.1, -0.05) is 29.3 Å². The highest BCUT2D eigenvalue weighted by Crippen LogP contribution is 2.35. The lowest BCUT2D eigenvalue weighted by atomic mass is 10.1. The smallest absolute Gasteiger partial charge is 0.131 e. The molecule has 0 bridgehead atoms. The molecule has 2 aromatic rings. The molecule has 102 valence electrons. The topological polar surface area (TPSA) is 12.0 Å². The molecule has 0 amide bonds. The Morgan fingerprint density at radius 1 is 1.32 bits per heavy atom. The summed E-state index contributed by atoms with van der Waals surface area (Å²) in [6.07, 6.45) is 2.22. The minimum atomic E-state index is -0.173. The van der Waals surface area contributed by atoms with Gasteiger partial charge in [0.15, 0.2) is 0 Å². The Balaban J connectivity index is 2.32. The number of rotatable bonds is 5. The van der Waals surface area contributed by atoms with Crippen molar-refractivity contribution in [2.45, 2.75) is 25.8 Å². The zero-order valence-corrected chi connectivity index (χ0v) is 13.4. The molecule has 1 nitrogen and oxygen atoms in total. The van der Waals surface area contributed by atoms with Gasteiger partial charge >= 0.3 is 0 Å². The number of benzene rings is 1. The van der Waals surface area contributed by atoms with Crippen LogP contribution in [0.4, 0.5) is 4.39 Å². The van der Waals surface area contributed by atoms with E-state index in [9.17, 15) is 4.39 Å². The first-order valence-electron chi connectivity index (χ1n) is 6.38. The minimum Gasteiger partial charge on any atom is -0.312 e. The van der Waals surface area contributed by atoms with Gasteiger partial charge in [0.25, 0.3) is 0 Å². The van der Waals surface area contributed by atoms with Crippen LogP contribution < -0.4 is 5.32 Å². The minimum absolute atomic E-state index is 0.173. The largest absolute Gasteiger partial charge is 0.312 e. The summed E-state index contributed by atoms with van der Waals surface area (Å²) in [4.78, 5) is 2.24. The summed E-state index contributed by atoms with van der Waals surface area (Å²) >= 11 is 5.05. The molecule has 4 heteroatoms. The van der Waals surface area contributed by atoms with Crippen molar-refractivity contribution in [2.24, 2.45) is 0 Å². The molecular formula is C15H17BrFNS. The van der Waals surface area contributed by atoms with Gasteiger partial charge in [-0.15, -0.1) is 11.3 Å². The number of thiophene rings is 1. The Morgan fingerprint density at radius 2 is 2.11 bits per heavy atom. The van der Waals surface area contributed by atoms with E-state index in [-0.39, 0.29) is 5.82 Å². The van der Waals surface area contributed by atoms with E-state index in [0.717, 1.165) is 22.2 Å². The van der Waals surface area contributed by atoms with Gasteiger partial charge in [0.2, 0.25) is 0 Å². The number of nitrogens with one attached hydrogen (secondary N) is 1. The molecule has 19 heavy (non-hydrogen) atoms. The normalized spacial score (nSPS) is 12.6. The first-order valence-corrected chi connectivity index (χ1v) is 7.99. The van der Waals surface area contributed by atoms with Crippen molar-refractivity contribution >= 4 is 27.3 Å². The highest BCUT2D eigenvalue weighted by molar-refractivity contribution is 9.10. The molecule has 1 aromatic heterocycles. The molecule has 1 atom stereocenters. The fourth-order valence-electron chi connectivity index (χ4n) is 2.09. The lowest BCUT2D eigenvalue weighted by Crippen LogP contribution is -2.14. The zero-order valence-electron chi connectivity index (χ0n) is 11.0. The van der Waals surface area contributed by atoms with Crippen molar-refractivity contribution < 1.29 is 4.39 Å². The van der Waals surface area contributed by atoms with Crippen molar-refractivity contribution in [3.8, 4) is 10.4 Å². The van der Waals surface area contributed by atoms with Crippen LogP contribution in [0, 0.1) is 5.82 Å². The van der Waals surface area contributed by atoms with Gasteiger partial charge in [-0.3, -0.25) is 0 Å². The third-order valence-corrected chi connectivity index (χ3v) is 4.82. The van der Waals surface area contributed by atoms with Crippen LogP contribution in [0.25, 0.3) is 10.4 Å². The van der Waals surface area contributed by atoms with Gasteiger partial charge in [-0.2, -0.15) is 0 Å². The maximum absolute atomic E-state index is 13.9.